The van der Waals surface area contributed by atoms with Gasteiger partial charge >= 0.3 is 0 Å². The van der Waals surface area contributed by atoms with Crippen molar-refractivity contribution in [1.82, 2.24) is 10.2 Å². The van der Waals surface area contributed by atoms with E-state index in [1.807, 2.05) is 0 Å². The van der Waals surface area contributed by atoms with E-state index in [-0.39, 0.29) is 0 Å². The van der Waals surface area contributed by atoms with Gasteiger partial charge in [-0.1, -0.05) is 20.8 Å². The van der Waals surface area contributed by atoms with E-state index in [0.29, 0.717) is 6.04 Å². The summed E-state index contributed by atoms with van der Waals surface area (Å²) in [5.41, 5.74) is 0. The van der Waals surface area contributed by atoms with Gasteiger partial charge in [-0.2, -0.15) is 0 Å². The molecule has 0 radical (unpaired) electrons. The molecule has 1 fully saturated rings. The van der Waals surface area contributed by atoms with Crippen LogP contribution in [0.5, 0.6) is 0 Å². The Morgan fingerprint density at radius 1 is 1.25 bits per heavy atom. The smallest absolute Gasteiger partial charge is 0.0136 e. The van der Waals surface area contributed by atoms with Crippen LogP contribution in [0.2, 0.25) is 0 Å². The van der Waals surface area contributed by atoms with Crippen molar-refractivity contribution in [2.24, 2.45) is 11.8 Å². The zero-order valence-electron chi connectivity index (χ0n) is 11.8. The number of rotatable bonds is 7. The van der Waals surface area contributed by atoms with Crippen molar-refractivity contribution < 1.29 is 0 Å². The highest BCUT2D eigenvalue weighted by Gasteiger charge is 2.35. The fraction of sp³-hybridized carbons (Fsp3) is 1.00. The van der Waals surface area contributed by atoms with Crippen molar-refractivity contribution in [3.05, 3.63) is 0 Å². The summed E-state index contributed by atoms with van der Waals surface area (Å²) < 4.78 is 0. The average molecular weight is 226 g/mol. The Kier molecular flexibility index (Phi) is 5.77. The van der Waals surface area contributed by atoms with E-state index in [4.69, 9.17) is 0 Å². The zero-order valence-corrected chi connectivity index (χ0v) is 11.8. The second-order valence-corrected chi connectivity index (χ2v) is 5.76. The normalized spacial score (nSPS) is 27.2. The van der Waals surface area contributed by atoms with E-state index in [1.54, 1.807) is 0 Å². The lowest BCUT2D eigenvalue weighted by molar-refractivity contribution is 0.0402. The lowest BCUT2D eigenvalue weighted by atomic mass is 9.77. The molecular weight excluding hydrogens is 196 g/mol. The van der Waals surface area contributed by atoms with Gasteiger partial charge < -0.3 is 10.2 Å². The second kappa shape index (κ2) is 6.61. The summed E-state index contributed by atoms with van der Waals surface area (Å²) in [6, 6.07) is 1.53. The maximum atomic E-state index is 3.56. The maximum Gasteiger partial charge on any atom is 0.0136 e. The van der Waals surface area contributed by atoms with Gasteiger partial charge in [-0.15, -0.1) is 0 Å². The fourth-order valence-electron chi connectivity index (χ4n) is 2.56. The van der Waals surface area contributed by atoms with Gasteiger partial charge in [-0.3, -0.25) is 0 Å². The van der Waals surface area contributed by atoms with Gasteiger partial charge in [-0.25, -0.2) is 0 Å². The Bertz CT molecular complexity index is 191. The van der Waals surface area contributed by atoms with Crippen LogP contribution in [-0.2, 0) is 0 Å². The summed E-state index contributed by atoms with van der Waals surface area (Å²) in [5.74, 6) is 1.65. The number of hydrogen-bond acceptors (Lipinski definition) is 2. The highest BCUT2D eigenvalue weighted by molar-refractivity contribution is 4.91. The molecule has 0 aromatic rings. The van der Waals surface area contributed by atoms with Crippen LogP contribution in [-0.4, -0.2) is 37.1 Å². The minimum atomic E-state index is 0.707. The molecule has 0 bridgehead atoms. The van der Waals surface area contributed by atoms with Gasteiger partial charge in [0.2, 0.25) is 0 Å². The first-order chi connectivity index (χ1) is 7.57. The molecule has 2 nitrogen and oxygen atoms in total. The van der Waals surface area contributed by atoms with Crippen LogP contribution in [0.1, 0.15) is 47.0 Å². The van der Waals surface area contributed by atoms with Crippen molar-refractivity contribution in [3.8, 4) is 0 Å². The number of nitrogens with one attached hydrogen (secondary N) is 1. The van der Waals surface area contributed by atoms with E-state index in [2.05, 4.69) is 45.0 Å². The van der Waals surface area contributed by atoms with E-state index in [1.165, 1.54) is 32.4 Å². The van der Waals surface area contributed by atoms with E-state index < -0.39 is 0 Å². The van der Waals surface area contributed by atoms with Crippen molar-refractivity contribution >= 4 is 0 Å². The van der Waals surface area contributed by atoms with Gasteiger partial charge in [-0.05, 0) is 58.2 Å². The van der Waals surface area contributed by atoms with Crippen molar-refractivity contribution in [1.29, 1.82) is 0 Å². The third-order valence-electron chi connectivity index (χ3n) is 4.34. The summed E-state index contributed by atoms with van der Waals surface area (Å²) in [6.45, 7) is 11.6. The van der Waals surface area contributed by atoms with E-state index in [9.17, 15) is 0 Å². The predicted octanol–water partition coefficient (Wildman–Crippen LogP) is 2.74. The first-order valence-corrected chi connectivity index (χ1v) is 7.00. The topological polar surface area (TPSA) is 15.3 Å². The molecule has 1 rings (SSSR count). The predicted molar refractivity (Wildman–Crippen MR) is 71.7 cm³/mol. The lowest BCUT2D eigenvalue weighted by Crippen LogP contribution is -2.52. The summed E-state index contributed by atoms with van der Waals surface area (Å²) in [4.78, 5) is 2.60. The van der Waals surface area contributed by atoms with Crippen molar-refractivity contribution in [3.63, 3.8) is 0 Å². The molecule has 3 unspecified atom stereocenters. The van der Waals surface area contributed by atoms with Crippen LogP contribution in [0.3, 0.4) is 0 Å². The van der Waals surface area contributed by atoms with Gasteiger partial charge in [0.15, 0.2) is 0 Å². The Morgan fingerprint density at radius 2 is 1.94 bits per heavy atom. The maximum absolute atomic E-state index is 3.56. The number of nitrogens with zero attached hydrogens (tertiary/aromatic N) is 1. The van der Waals surface area contributed by atoms with Crippen molar-refractivity contribution in [2.75, 3.05) is 20.1 Å². The summed E-state index contributed by atoms with van der Waals surface area (Å²) in [7, 11) is 2.31. The van der Waals surface area contributed by atoms with Crippen LogP contribution < -0.4 is 5.32 Å². The molecule has 0 spiro atoms. The van der Waals surface area contributed by atoms with Crippen LogP contribution in [0.4, 0.5) is 0 Å². The SMILES string of the molecule is CCCNCC1CCC1N(C)C(C)C(C)C. The molecule has 0 saturated heterocycles. The lowest BCUT2D eigenvalue weighted by Gasteiger charge is -2.46. The van der Waals surface area contributed by atoms with E-state index in [0.717, 1.165) is 17.9 Å². The monoisotopic (exact) mass is 226 g/mol. The first-order valence-electron chi connectivity index (χ1n) is 7.00. The molecule has 0 amide bonds. The summed E-state index contributed by atoms with van der Waals surface area (Å²) in [6.07, 6.45) is 4.05. The molecule has 0 aromatic carbocycles. The Balaban J connectivity index is 2.31. The van der Waals surface area contributed by atoms with Crippen LogP contribution in [0.15, 0.2) is 0 Å². The average Bonchev–Trinajstić information content (AvgIpc) is 2.21. The molecule has 3 atom stereocenters. The molecule has 16 heavy (non-hydrogen) atoms. The highest BCUT2D eigenvalue weighted by atomic mass is 15.2. The van der Waals surface area contributed by atoms with Gasteiger partial charge in [0, 0.05) is 12.1 Å². The molecule has 1 aliphatic carbocycles. The molecular formula is C14H30N2. The third kappa shape index (κ3) is 3.46. The second-order valence-electron chi connectivity index (χ2n) is 5.76. The molecule has 96 valence electrons. The fourth-order valence-corrected chi connectivity index (χ4v) is 2.56. The first kappa shape index (κ1) is 14.0. The largest absolute Gasteiger partial charge is 0.316 e. The minimum absolute atomic E-state index is 0.707. The molecule has 1 N–H and O–H groups in total. The van der Waals surface area contributed by atoms with Gasteiger partial charge in [0.1, 0.15) is 0 Å². The standard InChI is InChI=1S/C14H30N2/c1-6-9-15-10-13-7-8-14(13)16(5)12(4)11(2)3/h11-15H,6-10H2,1-5H3. The van der Waals surface area contributed by atoms with E-state index >= 15 is 0 Å². The minimum Gasteiger partial charge on any atom is -0.316 e. The Labute approximate surface area is 102 Å². The third-order valence-corrected chi connectivity index (χ3v) is 4.34. The van der Waals surface area contributed by atoms with Crippen LogP contribution >= 0.6 is 0 Å². The van der Waals surface area contributed by atoms with Crippen molar-refractivity contribution in [2.45, 2.75) is 59.0 Å². The molecule has 0 aliphatic heterocycles. The number of hydrogen-bond donors (Lipinski definition) is 1. The van der Waals surface area contributed by atoms with Gasteiger partial charge in [0.25, 0.3) is 0 Å². The molecule has 1 aliphatic rings. The van der Waals surface area contributed by atoms with Crippen LogP contribution in [0, 0.1) is 11.8 Å². The molecule has 0 aromatic heterocycles. The summed E-state index contributed by atoms with van der Waals surface area (Å²) in [5, 5.41) is 3.56. The Hall–Kier alpha value is -0.0800. The zero-order chi connectivity index (χ0) is 12.1. The van der Waals surface area contributed by atoms with Crippen LogP contribution in [0.25, 0.3) is 0 Å². The quantitative estimate of drug-likeness (QED) is 0.672. The molecule has 1 saturated carbocycles. The molecule has 0 heterocycles. The van der Waals surface area contributed by atoms with Gasteiger partial charge in [0.05, 0.1) is 0 Å². The molecule has 2 heteroatoms. The highest BCUT2D eigenvalue weighted by Crippen LogP contribution is 2.32. The summed E-state index contributed by atoms with van der Waals surface area (Å²) >= 11 is 0. The Morgan fingerprint density at radius 3 is 2.38 bits per heavy atom.